The lowest BCUT2D eigenvalue weighted by molar-refractivity contribution is -0.130. The van der Waals surface area contributed by atoms with Gasteiger partial charge in [0.1, 0.15) is 0 Å². The zero-order chi connectivity index (χ0) is 16.3. The van der Waals surface area contributed by atoms with E-state index in [-0.39, 0.29) is 11.8 Å². The minimum Gasteiger partial charge on any atom is -0.272 e. The van der Waals surface area contributed by atoms with Crippen LogP contribution < -0.4 is 10.9 Å². The van der Waals surface area contributed by atoms with Crippen molar-refractivity contribution in [2.45, 2.75) is 24.7 Å². The lowest BCUT2D eigenvalue weighted by atomic mass is 9.64. The molecule has 1 saturated carbocycles. The van der Waals surface area contributed by atoms with Crippen LogP contribution in [0, 0.1) is 0 Å². The highest BCUT2D eigenvalue weighted by Crippen LogP contribution is 2.44. The smallest absolute Gasteiger partial charge is 0.269 e. The summed E-state index contributed by atoms with van der Waals surface area (Å²) in [6, 6.07) is 16.1. The van der Waals surface area contributed by atoms with E-state index in [1.807, 2.05) is 24.3 Å². The molecule has 2 aromatic carbocycles. The van der Waals surface area contributed by atoms with Gasteiger partial charge in [-0.2, -0.15) is 0 Å². The molecule has 2 amide bonds. The molecule has 0 atom stereocenters. The van der Waals surface area contributed by atoms with Gasteiger partial charge < -0.3 is 0 Å². The van der Waals surface area contributed by atoms with Gasteiger partial charge in [0.05, 0.1) is 5.41 Å². The molecule has 1 aliphatic rings. The Morgan fingerprint density at radius 3 is 2.30 bits per heavy atom. The van der Waals surface area contributed by atoms with Crippen LogP contribution >= 0.6 is 11.6 Å². The van der Waals surface area contributed by atoms with E-state index in [0.29, 0.717) is 10.6 Å². The van der Waals surface area contributed by atoms with Crippen molar-refractivity contribution in [3.8, 4) is 0 Å². The Morgan fingerprint density at radius 1 is 0.957 bits per heavy atom. The monoisotopic (exact) mass is 328 g/mol. The molecule has 0 aliphatic heterocycles. The molecule has 0 heterocycles. The van der Waals surface area contributed by atoms with Crippen molar-refractivity contribution in [3.05, 3.63) is 70.7 Å². The number of amides is 2. The zero-order valence-corrected chi connectivity index (χ0v) is 13.3. The van der Waals surface area contributed by atoms with Gasteiger partial charge in [-0.3, -0.25) is 20.4 Å². The summed E-state index contributed by atoms with van der Waals surface area (Å²) in [5, 5.41) is 0.606. The van der Waals surface area contributed by atoms with Crippen molar-refractivity contribution in [1.82, 2.24) is 10.9 Å². The molecule has 2 aromatic rings. The average Bonchev–Trinajstić information content (AvgIpc) is 2.52. The Kier molecular flexibility index (Phi) is 4.35. The minimum absolute atomic E-state index is 0.199. The number of nitrogens with one attached hydrogen (secondary N) is 2. The van der Waals surface area contributed by atoms with Gasteiger partial charge >= 0.3 is 0 Å². The number of carbonyl (C=O) groups excluding carboxylic acids is 2. The minimum atomic E-state index is -0.602. The molecule has 0 radical (unpaired) electrons. The first-order valence-corrected chi connectivity index (χ1v) is 7.91. The Hall–Kier alpha value is -2.33. The third kappa shape index (κ3) is 3.08. The van der Waals surface area contributed by atoms with Crippen LogP contribution in [0.5, 0.6) is 0 Å². The maximum atomic E-state index is 12.6. The first-order valence-electron chi connectivity index (χ1n) is 7.54. The molecule has 5 heteroatoms. The molecule has 0 saturated heterocycles. The number of rotatable bonds is 3. The summed E-state index contributed by atoms with van der Waals surface area (Å²) in [7, 11) is 0. The number of hydrogen-bond donors (Lipinski definition) is 2. The van der Waals surface area contributed by atoms with Gasteiger partial charge in [0.2, 0.25) is 5.91 Å². The number of hydrogen-bond acceptors (Lipinski definition) is 2. The zero-order valence-electron chi connectivity index (χ0n) is 12.5. The van der Waals surface area contributed by atoms with Gasteiger partial charge in [0, 0.05) is 10.6 Å². The van der Waals surface area contributed by atoms with Crippen molar-refractivity contribution in [3.63, 3.8) is 0 Å². The maximum absolute atomic E-state index is 12.6. The van der Waals surface area contributed by atoms with Crippen LogP contribution in [0.4, 0.5) is 0 Å². The van der Waals surface area contributed by atoms with Crippen LogP contribution in [-0.2, 0) is 10.2 Å². The lowest BCUT2D eigenvalue weighted by Crippen LogP contribution is -2.54. The van der Waals surface area contributed by atoms with E-state index in [9.17, 15) is 9.59 Å². The van der Waals surface area contributed by atoms with E-state index in [4.69, 9.17) is 11.6 Å². The van der Waals surface area contributed by atoms with E-state index in [0.717, 1.165) is 24.8 Å². The Bertz CT molecular complexity index is 727. The Morgan fingerprint density at radius 2 is 1.70 bits per heavy atom. The normalized spacial score (nSPS) is 15.3. The summed E-state index contributed by atoms with van der Waals surface area (Å²) < 4.78 is 0. The summed E-state index contributed by atoms with van der Waals surface area (Å²) in [6.45, 7) is 0. The van der Waals surface area contributed by atoms with Gasteiger partial charge in [-0.05, 0) is 42.7 Å². The van der Waals surface area contributed by atoms with E-state index in [2.05, 4.69) is 10.9 Å². The van der Waals surface area contributed by atoms with Crippen LogP contribution in [0.25, 0.3) is 0 Å². The fourth-order valence-electron chi connectivity index (χ4n) is 2.86. The van der Waals surface area contributed by atoms with E-state index < -0.39 is 5.41 Å². The number of hydrazine groups is 1. The molecular weight excluding hydrogens is 312 g/mol. The third-order valence-corrected chi connectivity index (χ3v) is 4.58. The molecule has 3 rings (SSSR count). The first kappa shape index (κ1) is 15.6. The fraction of sp³-hybridized carbons (Fsp3) is 0.222. The second-order valence-corrected chi connectivity index (χ2v) is 6.16. The van der Waals surface area contributed by atoms with Crippen LogP contribution in [0.15, 0.2) is 54.6 Å². The summed E-state index contributed by atoms with van der Waals surface area (Å²) in [5.74, 6) is -0.533. The molecule has 23 heavy (non-hydrogen) atoms. The maximum Gasteiger partial charge on any atom is 0.269 e. The molecule has 1 fully saturated rings. The van der Waals surface area contributed by atoms with Gasteiger partial charge in [-0.25, -0.2) is 0 Å². The molecule has 2 N–H and O–H groups in total. The Labute approximate surface area is 139 Å². The van der Waals surface area contributed by atoms with E-state index in [1.165, 1.54) is 0 Å². The number of carbonyl (C=O) groups is 2. The topological polar surface area (TPSA) is 58.2 Å². The Balaban J connectivity index is 1.70. The fourth-order valence-corrected chi connectivity index (χ4v) is 3.05. The molecule has 1 aliphatic carbocycles. The molecule has 0 aromatic heterocycles. The highest BCUT2D eigenvalue weighted by atomic mass is 35.5. The van der Waals surface area contributed by atoms with Gasteiger partial charge in [0.25, 0.3) is 5.91 Å². The van der Waals surface area contributed by atoms with Crippen molar-refractivity contribution >= 4 is 23.4 Å². The molecule has 0 bridgehead atoms. The SMILES string of the molecule is O=C(NNC(=O)C1(c2cccc(Cl)c2)CCC1)c1ccccc1. The molecule has 0 spiro atoms. The predicted octanol–water partition coefficient (Wildman–Crippen LogP) is 3.22. The van der Waals surface area contributed by atoms with Crippen molar-refractivity contribution in [2.24, 2.45) is 0 Å². The quantitative estimate of drug-likeness (QED) is 0.850. The van der Waals surface area contributed by atoms with Crippen molar-refractivity contribution < 1.29 is 9.59 Å². The summed E-state index contributed by atoms with van der Waals surface area (Å²) in [5.41, 5.74) is 5.83. The van der Waals surface area contributed by atoms with Crippen LogP contribution in [-0.4, -0.2) is 11.8 Å². The van der Waals surface area contributed by atoms with Gasteiger partial charge in [-0.1, -0.05) is 48.4 Å². The largest absolute Gasteiger partial charge is 0.272 e. The van der Waals surface area contributed by atoms with Crippen LogP contribution in [0.2, 0.25) is 5.02 Å². The predicted molar refractivity (Wildman–Crippen MR) is 89.0 cm³/mol. The van der Waals surface area contributed by atoms with Crippen LogP contribution in [0.3, 0.4) is 0 Å². The number of benzene rings is 2. The molecular formula is C18H17ClN2O2. The summed E-state index contributed by atoms with van der Waals surface area (Å²) in [4.78, 5) is 24.7. The van der Waals surface area contributed by atoms with Crippen molar-refractivity contribution in [2.75, 3.05) is 0 Å². The highest BCUT2D eigenvalue weighted by molar-refractivity contribution is 6.30. The summed E-state index contributed by atoms with van der Waals surface area (Å²) >= 11 is 6.04. The van der Waals surface area contributed by atoms with E-state index in [1.54, 1.807) is 30.3 Å². The van der Waals surface area contributed by atoms with Crippen LogP contribution in [0.1, 0.15) is 35.2 Å². The van der Waals surface area contributed by atoms with Gasteiger partial charge in [-0.15, -0.1) is 0 Å². The standard InChI is InChI=1S/C18H17ClN2O2/c19-15-9-4-8-14(12-15)18(10-5-11-18)17(23)21-20-16(22)13-6-2-1-3-7-13/h1-4,6-9,12H,5,10-11H2,(H,20,22)(H,21,23). The summed E-state index contributed by atoms with van der Waals surface area (Å²) in [6.07, 6.45) is 2.48. The third-order valence-electron chi connectivity index (χ3n) is 4.34. The second kappa shape index (κ2) is 6.42. The van der Waals surface area contributed by atoms with E-state index >= 15 is 0 Å². The first-order chi connectivity index (χ1) is 11.1. The molecule has 4 nitrogen and oxygen atoms in total. The molecule has 118 valence electrons. The second-order valence-electron chi connectivity index (χ2n) is 5.72. The average molecular weight is 329 g/mol. The lowest BCUT2D eigenvalue weighted by Gasteiger charge is -2.40. The molecule has 0 unspecified atom stereocenters. The highest BCUT2D eigenvalue weighted by Gasteiger charge is 2.45. The van der Waals surface area contributed by atoms with Crippen molar-refractivity contribution in [1.29, 1.82) is 0 Å². The van der Waals surface area contributed by atoms with Gasteiger partial charge in [0.15, 0.2) is 0 Å². The number of halogens is 1.